The number of allylic oxidation sites excluding steroid dienone is 1. The van der Waals surface area contributed by atoms with Crippen molar-refractivity contribution in [1.29, 1.82) is 0 Å². The maximum atomic E-state index is 9.16. The molecule has 1 nitrogen and oxygen atoms in total. The van der Waals surface area contributed by atoms with Crippen LogP contribution in [0.2, 0.25) is 0 Å². The molecule has 0 unspecified atom stereocenters. The number of rotatable bonds is 2. The van der Waals surface area contributed by atoms with E-state index in [0.29, 0.717) is 5.75 Å². The third-order valence-corrected chi connectivity index (χ3v) is 2.05. The van der Waals surface area contributed by atoms with Crippen LogP contribution in [0.4, 0.5) is 0 Å². The molecule has 0 spiro atoms. The van der Waals surface area contributed by atoms with Crippen molar-refractivity contribution in [3.05, 3.63) is 35.9 Å². The molecule has 2 rings (SSSR count). The lowest BCUT2D eigenvalue weighted by molar-refractivity contribution is 0.475. The maximum Gasteiger partial charge on any atom is 0.116 e. The molecule has 1 heteroatoms. The highest BCUT2D eigenvalue weighted by Crippen LogP contribution is 2.30. The smallest absolute Gasteiger partial charge is 0.116 e. The molecular formula is C11H12O. The average Bonchev–Trinajstić information content (AvgIpc) is 2.84. The van der Waals surface area contributed by atoms with Crippen LogP contribution in [0.3, 0.4) is 0 Å². The second-order valence-electron chi connectivity index (χ2n) is 3.29. The molecule has 0 heterocycles. The van der Waals surface area contributed by atoms with Crippen molar-refractivity contribution < 1.29 is 5.11 Å². The molecule has 1 aromatic carbocycles. The fourth-order valence-electron chi connectivity index (χ4n) is 1.16. The molecule has 12 heavy (non-hydrogen) atoms. The normalized spacial score (nSPS) is 17.0. The lowest BCUT2D eigenvalue weighted by Crippen LogP contribution is -1.71. The summed E-state index contributed by atoms with van der Waals surface area (Å²) in [5, 5.41) is 9.16. The molecular weight excluding hydrogens is 148 g/mol. The Morgan fingerprint density at radius 3 is 2.83 bits per heavy atom. The lowest BCUT2D eigenvalue weighted by Gasteiger charge is -1.93. The number of hydrogen-bond donors (Lipinski definition) is 1. The molecule has 0 aromatic heterocycles. The van der Waals surface area contributed by atoms with E-state index in [-0.39, 0.29) is 0 Å². The molecule has 0 bridgehead atoms. The summed E-state index contributed by atoms with van der Waals surface area (Å²) in [5.74, 6) is 1.14. The van der Waals surface area contributed by atoms with Gasteiger partial charge in [0, 0.05) is 0 Å². The van der Waals surface area contributed by atoms with Crippen LogP contribution in [0.15, 0.2) is 30.3 Å². The molecule has 0 atom stereocenters. The van der Waals surface area contributed by atoms with Crippen molar-refractivity contribution >= 4 is 6.08 Å². The standard InChI is InChI=1S/C11H12O/c12-11-3-1-2-10(8-11)7-6-9-4-5-9/h1-3,6-9,12H,4-5H2. The molecule has 1 aromatic rings. The van der Waals surface area contributed by atoms with Crippen LogP contribution in [0.1, 0.15) is 18.4 Å². The summed E-state index contributed by atoms with van der Waals surface area (Å²) < 4.78 is 0. The number of hydrogen-bond acceptors (Lipinski definition) is 1. The van der Waals surface area contributed by atoms with E-state index in [2.05, 4.69) is 12.2 Å². The molecule has 1 aliphatic carbocycles. The summed E-state index contributed by atoms with van der Waals surface area (Å²) >= 11 is 0. The Morgan fingerprint density at radius 1 is 1.33 bits per heavy atom. The summed E-state index contributed by atoms with van der Waals surface area (Å²) in [6.45, 7) is 0. The van der Waals surface area contributed by atoms with Crippen LogP contribution in [-0.4, -0.2) is 5.11 Å². The summed E-state index contributed by atoms with van der Waals surface area (Å²) in [6, 6.07) is 7.33. The van der Waals surface area contributed by atoms with Crippen molar-refractivity contribution in [2.45, 2.75) is 12.8 Å². The largest absolute Gasteiger partial charge is 0.508 e. The van der Waals surface area contributed by atoms with Crippen LogP contribution in [0.25, 0.3) is 6.08 Å². The van der Waals surface area contributed by atoms with Crippen molar-refractivity contribution in [3.8, 4) is 5.75 Å². The van der Waals surface area contributed by atoms with Gasteiger partial charge in [0.05, 0.1) is 0 Å². The molecule has 62 valence electrons. The Labute approximate surface area is 72.4 Å². The SMILES string of the molecule is Oc1cccc(C=CC2CC2)c1. The average molecular weight is 160 g/mol. The van der Waals surface area contributed by atoms with Crippen LogP contribution in [0.5, 0.6) is 5.75 Å². The fraction of sp³-hybridized carbons (Fsp3) is 0.273. The van der Waals surface area contributed by atoms with E-state index in [1.54, 1.807) is 12.1 Å². The zero-order chi connectivity index (χ0) is 8.39. The predicted octanol–water partition coefficient (Wildman–Crippen LogP) is 2.82. The topological polar surface area (TPSA) is 20.2 Å². The van der Waals surface area contributed by atoms with Crippen LogP contribution in [0, 0.1) is 5.92 Å². The third-order valence-electron chi connectivity index (χ3n) is 2.05. The number of aromatic hydroxyl groups is 1. The fourth-order valence-corrected chi connectivity index (χ4v) is 1.16. The Balaban J connectivity index is 2.11. The Hall–Kier alpha value is -1.24. The maximum absolute atomic E-state index is 9.16. The first-order chi connectivity index (χ1) is 5.84. The van der Waals surface area contributed by atoms with Gasteiger partial charge in [-0.15, -0.1) is 0 Å². The first kappa shape index (κ1) is 7.41. The van der Waals surface area contributed by atoms with E-state index in [0.717, 1.165) is 11.5 Å². The van der Waals surface area contributed by atoms with Gasteiger partial charge < -0.3 is 5.11 Å². The van der Waals surface area contributed by atoms with Gasteiger partial charge in [0.2, 0.25) is 0 Å². The first-order valence-electron chi connectivity index (χ1n) is 4.32. The molecule has 1 aliphatic rings. The minimum Gasteiger partial charge on any atom is -0.508 e. The Bertz CT molecular complexity index is 298. The van der Waals surface area contributed by atoms with E-state index in [1.165, 1.54) is 12.8 Å². The minimum absolute atomic E-state index is 0.341. The highest BCUT2D eigenvalue weighted by Gasteiger charge is 2.16. The van der Waals surface area contributed by atoms with Gasteiger partial charge in [-0.1, -0.05) is 24.3 Å². The van der Waals surface area contributed by atoms with Gasteiger partial charge in [-0.25, -0.2) is 0 Å². The summed E-state index contributed by atoms with van der Waals surface area (Å²) in [6.07, 6.45) is 6.96. The second kappa shape index (κ2) is 3.02. The van der Waals surface area contributed by atoms with Gasteiger partial charge in [0.25, 0.3) is 0 Å². The van der Waals surface area contributed by atoms with Gasteiger partial charge in [0.1, 0.15) is 5.75 Å². The van der Waals surface area contributed by atoms with Crippen molar-refractivity contribution in [2.24, 2.45) is 5.92 Å². The van der Waals surface area contributed by atoms with Gasteiger partial charge in [0.15, 0.2) is 0 Å². The molecule has 0 saturated heterocycles. The van der Waals surface area contributed by atoms with Crippen molar-refractivity contribution in [2.75, 3.05) is 0 Å². The summed E-state index contributed by atoms with van der Waals surface area (Å²) in [5.41, 5.74) is 1.09. The zero-order valence-corrected chi connectivity index (χ0v) is 6.90. The Kier molecular flexibility index (Phi) is 1.86. The van der Waals surface area contributed by atoms with Crippen LogP contribution in [-0.2, 0) is 0 Å². The van der Waals surface area contributed by atoms with Crippen molar-refractivity contribution in [1.82, 2.24) is 0 Å². The van der Waals surface area contributed by atoms with Crippen LogP contribution < -0.4 is 0 Å². The quantitative estimate of drug-likeness (QED) is 0.705. The number of benzene rings is 1. The minimum atomic E-state index is 0.341. The molecule has 1 saturated carbocycles. The highest BCUT2D eigenvalue weighted by molar-refractivity contribution is 5.52. The van der Waals surface area contributed by atoms with E-state index in [1.807, 2.05) is 12.1 Å². The van der Waals surface area contributed by atoms with E-state index in [9.17, 15) is 0 Å². The molecule has 1 fully saturated rings. The van der Waals surface area contributed by atoms with E-state index < -0.39 is 0 Å². The first-order valence-corrected chi connectivity index (χ1v) is 4.32. The van der Waals surface area contributed by atoms with E-state index in [4.69, 9.17) is 5.11 Å². The summed E-state index contributed by atoms with van der Waals surface area (Å²) in [4.78, 5) is 0. The summed E-state index contributed by atoms with van der Waals surface area (Å²) in [7, 11) is 0. The molecule has 0 aliphatic heterocycles. The molecule has 0 amide bonds. The Morgan fingerprint density at radius 2 is 2.17 bits per heavy atom. The van der Waals surface area contributed by atoms with Gasteiger partial charge in [-0.2, -0.15) is 0 Å². The highest BCUT2D eigenvalue weighted by atomic mass is 16.3. The number of phenols is 1. The molecule has 1 N–H and O–H groups in total. The number of phenolic OH excluding ortho intramolecular Hbond substituents is 1. The van der Waals surface area contributed by atoms with Crippen LogP contribution >= 0.6 is 0 Å². The van der Waals surface area contributed by atoms with Crippen molar-refractivity contribution in [3.63, 3.8) is 0 Å². The zero-order valence-electron chi connectivity index (χ0n) is 6.90. The van der Waals surface area contributed by atoms with Gasteiger partial charge in [-0.3, -0.25) is 0 Å². The van der Waals surface area contributed by atoms with E-state index >= 15 is 0 Å². The van der Waals surface area contributed by atoms with Gasteiger partial charge >= 0.3 is 0 Å². The predicted molar refractivity (Wildman–Crippen MR) is 49.9 cm³/mol. The van der Waals surface area contributed by atoms with Gasteiger partial charge in [-0.05, 0) is 36.5 Å². The lowest BCUT2D eigenvalue weighted by atomic mass is 10.2. The second-order valence-corrected chi connectivity index (χ2v) is 3.29. The third kappa shape index (κ3) is 1.88. The molecule has 0 radical (unpaired) electrons. The monoisotopic (exact) mass is 160 g/mol.